The second-order valence-corrected chi connectivity index (χ2v) is 7.24. The van der Waals surface area contributed by atoms with Crippen LogP contribution in [-0.2, 0) is 18.8 Å². The summed E-state index contributed by atoms with van der Waals surface area (Å²) in [7, 11) is 3.83. The van der Waals surface area contributed by atoms with E-state index in [0.717, 1.165) is 59.5 Å². The number of aryl methyl sites for hydroxylation is 2. The molecule has 0 aromatic carbocycles. The van der Waals surface area contributed by atoms with E-state index >= 15 is 0 Å². The van der Waals surface area contributed by atoms with Gasteiger partial charge in [0.25, 0.3) is 0 Å². The smallest absolute Gasteiger partial charge is 0.225 e. The minimum absolute atomic E-state index is 0.110. The molecule has 1 aliphatic rings. The van der Waals surface area contributed by atoms with E-state index in [1.54, 1.807) is 17.1 Å². The molecule has 1 saturated heterocycles. The molecule has 148 valence electrons. The largest absolute Gasteiger partial charge is 0.474 e. The summed E-state index contributed by atoms with van der Waals surface area (Å²) in [4.78, 5) is 9.04. The molecule has 1 aliphatic heterocycles. The summed E-state index contributed by atoms with van der Waals surface area (Å²) in [6.45, 7) is 1.44. The van der Waals surface area contributed by atoms with Gasteiger partial charge in [-0.15, -0.1) is 0 Å². The fraction of sp³-hybridized carbons (Fsp3) is 0.333. The van der Waals surface area contributed by atoms with Gasteiger partial charge < -0.3 is 9.47 Å². The Balaban J connectivity index is 1.60. The Hall–Kier alpha value is -3.26. The van der Waals surface area contributed by atoms with Crippen molar-refractivity contribution in [3.63, 3.8) is 0 Å². The number of hydrogen-bond donors (Lipinski definition) is 0. The van der Waals surface area contributed by atoms with Crippen molar-refractivity contribution in [3.05, 3.63) is 43.0 Å². The SMILES string of the molecule is Cn1cc(-c2cc(-c3nn(C)c4ccnc(OC5CCOCC5)c34)ccn2)cn1. The Bertz CT molecular complexity index is 1160. The van der Waals surface area contributed by atoms with Crippen molar-refractivity contribution < 1.29 is 9.47 Å². The van der Waals surface area contributed by atoms with E-state index in [1.165, 1.54) is 0 Å². The second-order valence-electron chi connectivity index (χ2n) is 7.24. The van der Waals surface area contributed by atoms with Crippen LogP contribution in [0, 0.1) is 0 Å². The zero-order valence-electron chi connectivity index (χ0n) is 16.4. The summed E-state index contributed by atoms with van der Waals surface area (Å²) in [5.74, 6) is 0.622. The van der Waals surface area contributed by atoms with Gasteiger partial charge in [-0.3, -0.25) is 14.3 Å². The van der Waals surface area contributed by atoms with Crippen LogP contribution in [0.2, 0.25) is 0 Å². The Morgan fingerprint density at radius 2 is 1.90 bits per heavy atom. The topological polar surface area (TPSA) is 79.9 Å². The zero-order chi connectivity index (χ0) is 19.8. The van der Waals surface area contributed by atoms with Crippen LogP contribution in [0.3, 0.4) is 0 Å². The number of hydrogen-bond acceptors (Lipinski definition) is 6. The lowest BCUT2D eigenvalue weighted by Gasteiger charge is -2.23. The number of aromatic nitrogens is 6. The molecule has 29 heavy (non-hydrogen) atoms. The first kappa shape index (κ1) is 17.8. The third-order valence-corrected chi connectivity index (χ3v) is 5.21. The maximum absolute atomic E-state index is 6.29. The van der Waals surface area contributed by atoms with Crippen LogP contribution in [0.25, 0.3) is 33.4 Å². The molecule has 0 aliphatic carbocycles. The Morgan fingerprint density at radius 3 is 2.69 bits per heavy atom. The number of pyridine rings is 2. The summed E-state index contributed by atoms with van der Waals surface area (Å²) in [5, 5.41) is 9.94. The molecule has 0 atom stereocenters. The third kappa shape index (κ3) is 3.36. The molecule has 8 nitrogen and oxygen atoms in total. The number of nitrogens with zero attached hydrogens (tertiary/aromatic N) is 6. The van der Waals surface area contributed by atoms with Crippen LogP contribution in [0.15, 0.2) is 43.0 Å². The van der Waals surface area contributed by atoms with Gasteiger partial charge in [0.2, 0.25) is 5.88 Å². The van der Waals surface area contributed by atoms with Crippen LogP contribution in [0.5, 0.6) is 5.88 Å². The molecule has 0 radical (unpaired) electrons. The summed E-state index contributed by atoms with van der Waals surface area (Å²) in [5.41, 5.74) is 4.60. The standard InChI is InChI=1S/C21H22N6O2/c1-26-13-15(12-24-26)17-11-14(3-7-22-17)20-19-18(27(2)25-20)4-8-23-21(19)29-16-5-9-28-10-6-16/h3-4,7-8,11-13,16H,5-6,9-10H2,1-2H3. The first-order valence-corrected chi connectivity index (χ1v) is 9.70. The van der Waals surface area contributed by atoms with Gasteiger partial charge in [0, 0.05) is 56.7 Å². The van der Waals surface area contributed by atoms with Crippen molar-refractivity contribution in [1.82, 2.24) is 29.5 Å². The fourth-order valence-electron chi connectivity index (χ4n) is 3.71. The minimum atomic E-state index is 0.110. The molecule has 0 saturated carbocycles. The summed E-state index contributed by atoms with van der Waals surface area (Å²) < 4.78 is 15.4. The van der Waals surface area contributed by atoms with Gasteiger partial charge in [-0.1, -0.05) is 0 Å². The van der Waals surface area contributed by atoms with E-state index in [1.807, 2.05) is 49.4 Å². The average molecular weight is 390 g/mol. The van der Waals surface area contributed by atoms with Gasteiger partial charge >= 0.3 is 0 Å². The Labute approximate surface area is 168 Å². The molecule has 1 fully saturated rings. The Morgan fingerprint density at radius 1 is 1.07 bits per heavy atom. The highest BCUT2D eigenvalue weighted by molar-refractivity contribution is 5.97. The van der Waals surface area contributed by atoms with Crippen molar-refractivity contribution in [3.8, 4) is 28.4 Å². The van der Waals surface area contributed by atoms with Gasteiger partial charge in [0.15, 0.2) is 0 Å². The van der Waals surface area contributed by atoms with Crippen LogP contribution in [0.1, 0.15) is 12.8 Å². The number of fused-ring (bicyclic) bond motifs is 1. The van der Waals surface area contributed by atoms with Crippen molar-refractivity contribution >= 4 is 10.9 Å². The van der Waals surface area contributed by atoms with Gasteiger partial charge in [-0.25, -0.2) is 4.98 Å². The zero-order valence-corrected chi connectivity index (χ0v) is 16.4. The van der Waals surface area contributed by atoms with Crippen molar-refractivity contribution in [1.29, 1.82) is 0 Å². The van der Waals surface area contributed by atoms with Gasteiger partial charge in [-0.05, 0) is 18.2 Å². The van der Waals surface area contributed by atoms with E-state index in [4.69, 9.17) is 14.6 Å². The predicted octanol–water partition coefficient (Wildman–Crippen LogP) is 2.99. The van der Waals surface area contributed by atoms with Crippen molar-refractivity contribution in [2.75, 3.05) is 13.2 Å². The maximum atomic E-state index is 6.29. The molecule has 5 heterocycles. The first-order chi connectivity index (χ1) is 14.2. The van der Waals surface area contributed by atoms with E-state index in [-0.39, 0.29) is 6.10 Å². The van der Waals surface area contributed by atoms with Crippen LogP contribution in [0.4, 0.5) is 0 Å². The minimum Gasteiger partial charge on any atom is -0.474 e. The summed E-state index contributed by atoms with van der Waals surface area (Å²) >= 11 is 0. The molecule has 0 amide bonds. The summed E-state index contributed by atoms with van der Waals surface area (Å²) in [6.07, 6.45) is 9.18. The Kier molecular flexibility index (Phi) is 4.48. The molecule has 4 aromatic heterocycles. The van der Waals surface area contributed by atoms with E-state index in [9.17, 15) is 0 Å². The molecule has 0 bridgehead atoms. The molecule has 0 spiro atoms. The first-order valence-electron chi connectivity index (χ1n) is 9.70. The molecule has 4 aromatic rings. The molecule has 0 unspecified atom stereocenters. The number of ether oxygens (including phenoxy) is 2. The van der Waals surface area contributed by atoms with Crippen LogP contribution < -0.4 is 4.74 Å². The highest BCUT2D eigenvalue weighted by Crippen LogP contribution is 2.35. The number of rotatable bonds is 4. The lowest BCUT2D eigenvalue weighted by Crippen LogP contribution is -2.26. The van der Waals surface area contributed by atoms with E-state index in [0.29, 0.717) is 5.88 Å². The lowest BCUT2D eigenvalue weighted by molar-refractivity contribution is 0.0244. The molecular formula is C21H22N6O2. The lowest BCUT2D eigenvalue weighted by atomic mass is 10.1. The second kappa shape index (κ2) is 7.29. The highest BCUT2D eigenvalue weighted by Gasteiger charge is 2.21. The summed E-state index contributed by atoms with van der Waals surface area (Å²) in [6, 6.07) is 5.96. The van der Waals surface area contributed by atoms with Crippen molar-refractivity contribution in [2.24, 2.45) is 14.1 Å². The van der Waals surface area contributed by atoms with Crippen molar-refractivity contribution in [2.45, 2.75) is 18.9 Å². The normalized spacial score (nSPS) is 15.1. The van der Waals surface area contributed by atoms with Gasteiger partial charge in [0.1, 0.15) is 11.8 Å². The van der Waals surface area contributed by atoms with Crippen LogP contribution in [-0.4, -0.2) is 48.8 Å². The van der Waals surface area contributed by atoms with Gasteiger partial charge in [0.05, 0.1) is 36.0 Å². The monoisotopic (exact) mass is 390 g/mol. The predicted molar refractivity (Wildman–Crippen MR) is 108 cm³/mol. The quantitative estimate of drug-likeness (QED) is 0.533. The molecular weight excluding hydrogens is 368 g/mol. The van der Waals surface area contributed by atoms with E-state index < -0.39 is 0 Å². The molecule has 8 heteroatoms. The average Bonchev–Trinajstić information content (AvgIpc) is 3.33. The third-order valence-electron chi connectivity index (χ3n) is 5.21. The van der Waals surface area contributed by atoms with Gasteiger partial charge in [-0.2, -0.15) is 10.2 Å². The molecule has 5 rings (SSSR count). The molecule has 0 N–H and O–H groups in total. The maximum Gasteiger partial charge on any atom is 0.225 e. The fourth-order valence-corrected chi connectivity index (χ4v) is 3.71. The van der Waals surface area contributed by atoms with Crippen LogP contribution >= 0.6 is 0 Å². The van der Waals surface area contributed by atoms with E-state index in [2.05, 4.69) is 15.1 Å². The highest BCUT2D eigenvalue weighted by atomic mass is 16.5.